The minimum absolute atomic E-state index is 0.0775. The van der Waals surface area contributed by atoms with Crippen LogP contribution in [0.25, 0.3) is 0 Å². The molecule has 0 N–H and O–H groups in total. The molecule has 1 aromatic rings. The number of hydrogen-bond donors (Lipinski definition) is 0. The molecule has 1 aliphatic carbocycles. The molecule has 2 saturated heterocycles. The molecule has 2 amide bonds. The van der Waals surface area contributed by atoms with E-state index in [1.807, 2.05) is 22.6 Å². The van der Waals surface area contributed by atoms with Gasteiger partial charge in [-0.1, -0.05) is 0 Å². The first kappa shape index (κ1) is 18.5. The third kappa shape index (κ3) is 3.88. The molecule has 0 bridgehead atoms. The van der Waals surface area contributed by atoms with Gasteiger partial charge in [0.2, 0.25) is 11.8 Å². The van der Waals surface area contributed by atoms with E-state index >= 15 is 0 Å². The van der Waals surface area contributed by atoms with Crippen LogP contribution in [0.15, 0.2) is 12.4 Å². The number of nitrogens with zero attached hydrogens (tertiary/aromatic N) is 5. The zero-order chi connectivity index (χ0) is 19.0. The molecular weight excluding hydrogens is 342 g/mol. The van der Waals surface area contributed by atoms with Crippen LogP contribution in [0, 0.1) is 12.8 Å². The number of amides is 2. The summed E-state index contributed by atoms with van der Waals surface area (Å²) in [6.07, 6.45) is 8.53. The van der Waals surface area contributed by atoms with Gasteiger partial charge < -0.3 is 14.4 Å². The molecule has 1 aromatic heterocycles. The van der Waals surface area contributed by atoms with Crippen molar-refractivity contribution in [3.05, 3.63) is 18.2 Å². The fourth-order valence-corrected chi connectivity index (χ4v) is 4.53. The lowest BCUT2D eigenvalue weighted by atomic mass is 9.86. The fourth-order valence-electron chi connectivity index (χ4n) is 4.53. The van der Waals surface area contributed by atoms with Crippen LogP contribution >= 0.6 is 0 Å². The highest BCUT2D eigenvalue weighted by Crippen LogP contribution is 2.35. The highest BCUT2D eigenvalue weighted by atomic mass is 16.2. The quantitative estimate of drug-likeness (QED) is 0.794. The summed E-state index contributed by atoms with van der Waals surface area (Å²) in [4.78, 5) is 36.2. The molecule has 7 heteroatoms. The van der Waals surface area contributed by atoms with E-state index in [4.69, 9.17) is 0 Å². The number of aryl methyl sites for hydroxylation is 1. The van der Waals surface area contributed by atoms with E-state index < -0.39 is 0 Å². The summed E-state index contributed by atoms with van der Waals surface area (Å²) in [5, 5.41) is 0. The Morgan fingerprint density at radius 1 is 1.26 bits per heavy atom. The van der Waals surface area contributed by atoms with Gasteiger partial charge >= 0.3 is 0 Å². The van der Waals surface area contributed by atoms with Gasteiger partial charge in [-0.3, -0.25) is 14.5 Å². The van der Waals surface area contributed by atoms with Crippen molar-refractivity contribution in [3.8, 4) is 0 Å². The summed E-state index contributed by atoms with van der Waals surface area (Å²) in [6.45, 7) is 6.36. The van der Waals surface area contributed by atoms with E-state index in [0.29, 0.717) is 18.9 Å². The average molecular weight is 374 g/mol. The van der Waals surface area contributed by atoms with Crippen LogP contribution in [-0.2, 0) is 16.1 Å². The van der Waals surface area contributed by atoms with E-state index in [1.165, 1.54) is 12.8 Å². The van der Waals surface area contributed by atoms with Crippen molar-refractivity contribution in [1.82, 2.24) is 24.3 Å². The van der Waals surface area contributed by atoms with Crippen LogP contribution in [-0.4, -0.2) is 81.4 Å². The monoisotopic (exact) mass is 373 g/mol. The predicted molar refractivity (Wildman–Crippen MR) is 102 cm³/mol. The fraction of sp³-hybridized carbons (Fsp3) is 0.750. The van der Waals surface area contributed by atoms with Gasteiger partial charge in [0, 0.05) is 57.1 Å². The molecule has 1 saturated carbocycles. The summed E-state index contributed by atoms with van der Waals surface area (Å²) in [5.74, 6) is 2.03. The lowest BCUT2D eigenvalue weighted by Gasteiger charge is -2.49. The summed E-state index contributed by atoms with van der Waals surface area (Å²) in [6, 6.07) is 0. The topological polar surface area (TPSA) is 61.7 Å². The van der Waals surface area contributed by atoms with Crippen molar-refractivity contribution in [2.24, 2.45) is 5.92 Å². The van der Waals surface area contributed by atoms with Crippen molar-refractivity contribution in [2.45, 2.75) is 51.1 Å². The smallest absolute Gasteiger partial charge is 0.242 e. The number of aromatic nitrogens is 2. The molecule has 3 heterocycles. The Morgan fingerprint density at radius 2 is 2.07 bits per heavy atom. The van der Waals surface area contributed by atoms with Crippen LogP contribution in [0.2, 0.25) is 0 Å². The van der Waals surface area contributed by atoms with Crippen LogP contribution in [0.4, 0.5) is 0 Å². The molecule has 2 aliphatic heterocycles. The number of rotatable bonds is 4. The zero-order valence-electron chi connectivity index (χ0n) is 16.6. The van der Waals surface area contributed by atoms with Gasteiger partial charge in [-0.05, 0) is 45.6 Å². The second kappa shape index (κ2) is 7.26. The molecule has 7 nitrogen and oxygen atoms in total. The molecule has 1 atom stereocenters. The molecular formula is C20H31N5O2. The van der Waals surface area contributed by atoms with Crippen molar-refractivity contribution in [3.63, 3.8) is 0 Å². The molecule has 27 heavy (non-hydrogen) atoms. The number of likely N-dealkylation sites (N-methyl/N-ethyl adjacent to an activating group) is 1. The van der Waals surface area contributed by atoms with E-state index in [-0.39, 0.29) is 11.4 Å². The van der Waals surface area contributed by atoms with E-state index in [1.54, 1.807) is 6.20 Å². The minimum atomic E-state index is -0.0775. The van der Waals surface area contributed by atoms with Crippen LogP contribution in [0.5, 0.6) is 0 Å². The second-order valence-corrected chi connectivity index (χ2v) is 8.60. The first-order valence-corrected chi connectivity index (χ1v) is 10.2. The normalized spacial score (nSPS) is 27.3. The van der Waals surface area contributed by atoms with Gasteiger partial charge in [-0.25, -0.2) is 4.98 Å². The van der Waals surface area contributed by atoms with E-state index in [2.05, 4.69) is 21.8 Å². The Hall–Kier alpha value is -1.89. The van der Waals surface area contributed by atoms with Crippen molar-refractivity contribution in [1.29, 1.82) is 0 Å². The SMILES string of the molecule is Cc1nccn1CC(=O)N1CCN(C)C2(CCC(=O)N(CC3CC3)CC2)C1. The summed E-state index contributed by atoms with van der Waals surface area (Å²) in [7, 11) is 2.16. The summed E-state index contributed by atoms with van der Waals surface area (Å²) >= 11 is 0. The molecule has 3 fully saturated rings. The van der Waals surface area contributed by atoms with E-state index in [9.17, 15) is 9.59 Å². The highest BCUT2D eigenvalue weighted by molar-refractivity contribution is 5.77. The molecule has 1 unspecified atom stereocenters. The molecule has 0 aromatic carbocycles. The molecule has 148 valence electrons. The Kier molecular flexibility index (Phi) is 4.97. The number of piperazine rings is 1. The van der Waals surface area contributed by atoms with Crippen LogP contribution < -0.4 is 0 Å². The van der Waals surface area contributed by atoms with Gasteiger partial charge in [-0.15, -0.1) is 0 Å². The maximum Gasteiger partial charge on any atom is 0.242 e. The average Bonchev–Trinajstić information content (AvgIpc) is 3.41. The van der Waals surface area contributed by atoms with E-state index in [0.717, 1.165) is 57.3 Å². The largest absolute Gasteiger partial charge is 0.342 e. The maximum absolute atomic E-state index is 12.9. The van der Waals surface area contributed by atoms with Crippen molar-refractivity contribution >= 4 is 11.8 Å². The standard InChI is InChI=1S/C20H31N5O2/c1-16-21-8-10-23(16)14-19(27)25-12-11-22(2)20(15-25)6-5-18(26)24(9-7-20)13-17-3-4-17/h8,10,17H,3-7,9,11-15H2,1-2H3. The Morgan fingerprint density at radius 3 is 2.78 bits per heavy atom. The number of imidazole rings is 1. The maximum atomic E-state index is 12.9. The predicted octanol–water partition coefficient (Wildman–Crippen LogP) is 1.13. The Balaban J connectivity index is 1.44. The zero-order valence-corrected chi connectivity index (χ0v) is 16.6. The molecule has 4 rings (SSSR count). The minimum Gasteiger partial charge on any atom is -0.342 e. The lowest BCUT2D eigenvalue weighted by molar-refractivity contribution is -0.137. The third-order valence-corrected chi connectivity index (χ3v) is 6.76. The second-order valence-electron chi connectivity index (χ2n) is 8.60. The summed E-state index contributed by atoms with van der Waals surface area (Å²) in [5.41, 5.74) is -0.0775. The first-order chi connectivity index (χ1) is 13.0. The first-order valence-electron chi connectivity index (χ1n) is 10.2. The van der Waals surface area contributed by atoms with Crippen molar-refractivity contribution < 1.29 is 9.59 Å². The lowest BCUT2D eigenvalue weighted by Crippen LogP contribution is -2.62. The molecule has 1 spiro atoms. The number of hydrogen-bond acceptors (Lipinski definition) is 4. The van der Waals surface area contributed by atoms with Crippen molar-refractivity contribution in [2.75, 3.05) is 39.8 Å². The van der Waals surface area contributed by atoms with Gasteiger partial charge in [0.25, 0.3) is 0 Å². The van der Waals surface area contributed by atoms with Gasteiger partial charge in [0.05, 0.1) is 0 Å². The number of carbonyl (C=O) groups is 2. The molecule has 3 aliphatic rings. The third-order valence-electron chi connectivity index (χ3n) is 6.76. The summed E-state index contributed by atoms with van der Waals surface area (Å²) < 4.78 is 1.90. The van der Waals surface area contributed by atoms with Gasteiger partial charge in [0.15, 0.2) is 0 Å². The van der Waals surface area contributed by atoms with Crippen LogP contribution in [0.3, 0.4) is 0 Å². The Bertz CT molecular complexity index is 713. The Labute approximate surface area is 161 Å². The molecule has 0 radical (unpaired) electrons. The number of likely N-dealkylation sites (tertiary alicyclic amines) is 1. The number of carbonyl (C=O) groups excluding carboxylic acids is 2. The van der Waals surface area contributed by atoms with Gasteiger partial charge in [-0.2, -0.15) is 0 Å². The van der Waals surface area contributed by atoms with Gasteiger partial charge in [0.1, 0.15) is 12.4 Å². The van der Waals surface area contributed by atoms with Crippen LogP contribution in [0.1, 0.15) is 37.9 Å². The highest BCUT2D eigenvalue weighted by Gasteiger charge is 2.43.